The summed E-state index contributed by atoms with van der Waals surface area (Å²) in [4.78, 5) is 25.7. The van der Waals surface area contributed by atoms with Crippen LogP contribution in [0.1, 0.15) is 41.0 Å². The molecule has 2 amide bonds. The number of ether oxygens (including phenoxy) is 1. The standard InChI is InChI=1S/C21H25N3O3.ClH/c1-21(2)13-24(12-11-18(21)22)20(26)15-5-9-17(10-6-15)27-16-7-3-14(4-8-16)19(23)25;/h3-10,18H,11-13,22H2,1-2H3,(H2,23,25);1H. The summed E-state index contributed by atoms with van der Waals surface area (Å²) in [6, 6.07) is 13.7. The van der Waals surface area contributed by atoms with Crippen molar-refractivity contribution >= 4 is 24.2 Å². The van der Waals surface area contributed by atoms with Crippen LogP contribution >= 0.6 is 12.4 Å². The summed E-state index contributed by atoms with van der Waals surface area (Å²) in [6.45, 7) is 5.51. The molecule has 4 N–H and O–H groups in total. The second-order valence-corrected chi connectivity index (χ2v) is 7.63. The average molecular weight is 404 g/mol. The molecule has 2 aromatic carbocycles. The first-order valence-corrected chi connectivity index (χ1v) is 8.99. The number of hydrogen-bond donors (Lipinski definition) is 2. The number of halogens is 1. The van der Waals surface area contributed by atoms with Gasteiger partial charge in [-0.25, -0.2) is 0 Å². The van der Waals surface area contributed by atoms with E-state index in [2.05, 4.69) is 13.8 Å². The van der Waals surface area contributed by atoms with Gasteiger partial charge in [0.05, 0.1) is 0 Å². The monoisotopic (exact) mass is 403 g/mol. The number of piperidine rings is 1. The highest BCUT2D eigenvalue weighted by Crippen LogP contribution is 2.29. The van der Waals surface area contributed by atoms with Crippen LogP contribution in [-0.2, 0) is 0 Å². The van der Waals surface area contributed by atoms with E-state index < -0.39 is 5.91 Å². The van der Waals surface area contributed by atoms with E-state index in [1.807, 2.05) is 4.90 Å². The number of primary amides is 1. The van der Waals surface area contributed by atoms with Gasteiger partial charge in [-0.1, -0.05) is 13.8 Å². The minimum atomic E-state index is -0.480. The molecule has 3 rings (SSSR count). The third-order valence-electron chi connectivity index (χ3n) is 5.08. The van der Waals surface area contributed by atoms with E-state index in [4.69, 9.17) is 16.2 Å². The van der Waals surface area contributed by atoms with Gasteiger partial charge >= 0.3 is 0 Å². The molecule has 1 heterocycles. The van der Waals surface area contributed by atoms with E-state index in [1.54, 1.807) is 48.5 Å². The second-order valence-electron chi connectivity index (χ2n) is 7.63. The summed E-state index contributed by atoms with van der Waals surface area (Å²) in [6.07, 6.45) is 0.807. The molecule has 1 fully saturated rings. The molecule has 1 unspecified atom stereocenters. The Morgan fingerprint density at radius 2 is 1.50 bits per heavy atom. The van der Waals surface area contributed by atoms with Crippen LogP contribution < -0.4 is 16.2 Å². The summed E-state index contributed by atoms with van der Waals surface area (Å²) in [5.74, 6) is 0.726. The minimum Gasteiger partial charge on any atom is -0.457 e. The van der Waals surface area contributed by atoms with E-state index in [0.29, 0.717) is 35.7 Å². The van der Waals surface area contributed by atoms with Crippen LogP contribution in [0.2, 0.25) is 0 Å². The molecule has 150 valence electrons. The molecule has 0 bridgehead atoms. The van der Waals surface area contributed by atoms with Crippen molar-refractivity contribution < 1.29 is 14.3 Å². The van der Waals surface area contributed by atoms with Crippen molar-refractivity contribution in [1.29, 1.82) is 0 Å². The van der Waals surface area contributed by atoms with Crippen LogP contribution in [0.3, 0.4) is 0 Å². The number of nitrogens with two attached hydrogens (primary N) is 2. The number of benzene rings is 2. The molecule has 7 heteroatoms. The number of amides is 2. The van der Waals surface area contributed by atoms with Crippen molar-refractivity contribution in [3.63, 3.8) is 0 Å². The number of carbonyl (C=O) groups excluding carboxylic acids is 2. The Morgan fingerprint density at radius 1 is 1.00 bits per heavy atom. The largest absolute Gasteiger partial charge is 0.457 e. The first-order valence-electron chi connectivity index (χ1n) is 8.99. The van der Waals surface area contributed by atoms with Crippen molar-refractivity contribution in [2.45, 2.75) is 26.3 Å². The summed E-state index contributed by atoms with van der Waals surface area (Å²) in [7, 11) is 0. The molecular weight excluding hydrogens is 378 g/mol. The quantitative estimate of drug-likeness (QED) is 0.818. The Labute approximate surface area is 171 Å². The molecule has 0 radical (unpaired) electrons. The van der Waals surface area contributed by atoms with Crippen LogP contribution in [-0.4, -0.2) is 35.8 Å². The van der Waals surface area contributed by atoms with Gasteiger partial charge in [0, 0.05) is 30.3 Å². The topological polar surface area (TPSA) is 98.6 Å². The van der Waals surface area contributed by atoms with Crippen molar-refractivity contribution in [3.8, 4) is 11.5 Å². The van der Waals surface area contributed by atoms with Gasteiger partial charge in [0.1, 0.15) is 11.5 Å². The molecule has 2 aromatic rings. The highest BCUT2D eigenvalue weighted by atomic mass is 35.5. The molecule has 1 atom stereocenters. The predicted molar refractivity (Wildman–Crippen MR) is 111 cm³/mol. The fourth-order valence-electron chi connectivity index (χ4n) is 3.22. The molecule has 6 nitrogen and oxygen atoms in total. The Balaban J connectivity index is 0.00000280. The number of carbonyl (C=O) groups is 2. The minimum absolute atomic E-state index is 0. The molecule has 1 saturated heterocycles. The first kappa shape index (κ1) is 21.7. The zero-order valence-electron chi connectivity index (χ0n) is 16.1. The normalized spacial score (nSPS) is 18.1. The molecule has 28 heavy (non-hydrogen) atoms. The maximum absolute atomic E-state index is 12.8. The van der Waals surface area contributed by atoms with Gasteiger partial charge < -0.3 is 21.1 Å². The van der Waals surface area contributed by atoms with Crippen molar-refractivity contribution in [1.82, 2.24) is 4.90 Å². The third kappa shape index (κ3) is 4.82. The van der Waals surface area contributed by atoms with E-state index in [-0.39, 0.29) is 29.8 Å². The summed E-state index contributed by atoms with van der Waals surface area (Å²) in [5, 5.41) is 0. The Morgan fingerprint density at radius 3 is 1.96 bits per heavy atom. The lowest BCUT2D eigenvalue weighted by Crippen LogP contribution is -2.53. The van der Waals surface area contributed by atoms with Crippen molar-refractivity contribution in [2.75, 3.05) is 13.1 Å². The van der Waals surface area contributed by atoms with Gasteiger partial charge in [0.15, 0.2) is 0 Å². The highest BCUT2D eigenvalue weighted by Gasteiger charge is 2.35. The molecular formula is C21H26ClN3O3. The summed E-state index contributed by atoms with van der Waals surface area (Å²) >= 11 is 0. The van der Waals surface area contributed by atoms with E-state index in [9.17, 15) is 9.59 Å². The number of likely N-dealkylation sites (tertiary alicyclic amines) is 1. The van der Waals surface area contributed by atoms with Crippen molar-refractivity contribution in [2.24, 2.45) is 16.9 Å². The third-order valence-corrected chi connectivity index (χ3v) is 5.08. The number of hydrogen-bond acceptors (Lipinski definition) is 4. The summed E-state index contributed by atoms with van der Waals surface area (Å²) < 4.78 is 5.75. The molecule has 0 saturated carbocycles. The Bertz CT molecular complexity index is 835. The maximum Gasteiger partial charge on any atom is 0.253 e. The fourth-order valence-corrected chi connectivity index (χ4v) is 3.22. The zero-order chi connectivity index (χ0) is 19.6. The first-order chi connectivity index (χ1) is 12.8. The van der Waals surface area contributed by atoms with E-state index >= 15 is 0 Å². The average Bonchev–Trinajstić information content (AvgIpc) is 2.64. The molecule has 1 aliphatic heterocycles. The zero-order valence-corrected chi connectivity index (χ0v) is 16.9. The maximum atomic E-state index is 12.8. The van der Waals surface area contributed by atoms with Gasteiger partial charge in [-0.3, -0.25) is 9.59 Å². The van der Waals surface area contributed by atoms with Crippen LogP contribution in [0, 0.1) is 5.41 Å². The van der Waals surface area contributed by atoms with Gasteiger partial charge in [-0.05, 0) is 60.4 Å². The predicted octanol–water partition coefficient (Wildman–Crippen LogP) is 3.20. The van der Waals surface area contributed by atoms with Crippen LogP contribution in [0.5, 0.6) is 11.5 Å². The Kier molecular flexibility index (Phi) is 6.69. The van der Waals surface area contributed by atoms with Gasteiger partial charge in [-0.2, -0.15) is 0 Å². The second kappa shape index (κ2) is 8.63. The Hall–Kier alpha value is -2.57. The fraction of sp³-hybridized carbons (Fsp3) is 0.333. The highest BCUT2D eigenvalue weighted by molar-refractivity contribution is 5.94. The van der Waals surface area contributed by atoms with E-state index in [0.717, 1.165) is 6.42 Å². The van der Waals surface area contributed by atoms with Crippen LogP contribution in [0.25, 0.3) is 0 Å². The lowest BCUT2D eigenvalue weighted by molar-refractivity contribution is 0.0533. The molecule has 0 aromatic heterocycles. The van der Waals surface area contributed by atoms with Gasteiger partial charge in [0.25, 0.3) is 5.91 Å². The van der Waals surface area contributed by atoms with Gasteiger partial charge in [-0.15, -0.1) is 12.4 Å². The lowest BCUT2D eigenvalue weighted by atomic mass is 9.79. The smallest absolute Gasteiger partial charge is 0.253 e. The van der Waals surface area contributed by atoms with Gasteiger partial charge in [0.2, 0.25) is 5.91 Å². The molecule has 0 aliphatic carbocycles. The van der Waals surface area contributed by atoms with Crippen molar-refractivity contribution in [3.05, 3.63) is 59.7 Å². The number of nitrogens with zero attached hydrogens (tertiary/aromatic N) is 1. The van der Waals surface area contributed by atoms with Crippen LogP contribution in [0.4, 0.5) is 0 Å². The van der Waals surface area contributed by atoms with E-state index in [1.165, 1.54) is 0 Å². The lowest BCUT2D eigenvalue weighted by Gasteiger charge is -2.42. The number of rotatable bonds is 4. The summed E-state index contributed by atoms with van der Waals surface area (Å²) in [5.41, 5.74) is 12.3. The molecule has 0 spiro atoms. The van der Waals surface area contributed by atoms with Crippen LogP contribution in [0.15, 0.2) is 48.5 Å². The SMILES string of the molecule is CC1(C)CN(C(=O)c2ccc(Oc3ccc(C(N)=O)cc3)cc2)CCC1N.Cl. The molecule has 1 aliphatic rings.